The standard InChI is InChI=1S/C27H32N2O5/c1-17-14-29(15-22(17)24(30)31)25(32)27(2,3)12-13-28-26(33)34-16-23-20-10-6-4-8-18(20)19-9-5-7-11-21(19)23/h4-11,17,22-23H,12-16H2,1-3H3,(H,28,33)(H,30,31)/t17-,22-/m1/s1. The predicted molar refractivity (Wildman–Crippen MR) is 128 cm³/mol. The summed E-state index contributed by atoms with van der Waals surface area (Å²) in [5.74, 6) is -1.56. The lowest BCUT2D eigenvalue weighted by molar-refractivity contribution is -0.143. The van der Waals surface area contributed by atoms with Crippen LogP contribution >= 0.6 is 0 Å². The smallest absolute Gasteiger partial charge is 0.407 e. The zero-order chi connectivity index (χ0) is 24.5. The minimum atomic E-state index is -0.863. The molecule has 2 atom stereocenters. The van der Waals surface area contributed by atoms with Gasteiger partial charge in [0, 0.05) is 31.0 Å². The molecule has 2 aromatic rings. The van der Waals surface area contributed by atoms with Crippen LogP contribution in [0.1, 0.15) is 44.2 Å². The van der Waals surface area contributed by atoms with Gasteiger partial charge in [0.1, 0.15) is 6.61 Å². The molecule has 2 amide bonds. The van der Waals surface area contributed by atoms with E-state index >= 15 is 0 Å². The van der Waals surface area contributed by atoms with E-state index in [2.05, 4.69) is 29.6 Å². The number of carboxylic acid groups (broad SMARTS) is 1. The lowest BCUT2D eigenvalue weighted by atomic mass is 9.87. The van der Waals surface area contributed by atoms with Crippen LogP contribution in [0.5, 0.6) is 0 Å². The second-order valence-corrected chi connectivity index (χ2v) is 10.0. The molecule has 180 valence electrons. The van der Waals surface area contributed by atoms with Crippen LogP contribution in [0.2, 0.25) is 0 Å². The van der Waals surface area contributed by atoms with E-state index in [4.69, 9.17) is 4.74 Å². The largest absolute Gasteiger partial charge is 0.481 e. The number of nitrogens with zero attached hydrogens (tertiary/aromatic N) is 1. The minimum Gasteiger partial charge on any atom is -0.481 e. The molecule has 0 radical (unpaired) electrons. The number of hydrogen-bond acceptors (Lipinski definition) is 4. The number of benzene rings is 2. The van der Waals surface area contributed by atoms with Crippen molar-refractivity contribution in [1.82, 2.24) is 10.2 Å². The topological polar surface area (TPSA) is 95.9 Å². The summed E-state index contributed by atoms with van der Waals surface area (Å²) >= 11 is 0. The number of rotatable bonds is 7. The third-order valence-corrected chi connectivity index (χ3v) is 7.16. The number of fused-ring (bicyclic) bond motifs is 3. The fraction of sp³-hybridized carbons (Fsp3) is 0.444. The number of carboxylic acids is 1. The summed E-state index contributed by atoms with van der Waals surface area (Å²) in [6.07, 6.45) is -0.0793. The molecular formula is C27H32N2O5. The van der Waals surface area contributed by atoms with Gasteiger partial charge in [-0.3, -0.25) is 9.59 Å². The number of likely N-dealkylation sites (tertiary alicyclic amines) is 1. The molecule has 0 bridgehead atoms. The van der Waals surface area contributed by atoms with Crippen molar-refractivity contribution in [2.24, 2.45) is 17.3 Å². The van der Waals surface area contributed by atoms with Gasteiger partial charge in [-0.25, -0.2) is 4.79 Å². The monoisotopic (exact) mass is 464 g/mol. The quantitative estimate of drug-likeness (QED) is 0.643. The zero-order valence-corrected chi connectivity index (χ0v) is 19.9. The van der Waals surface area contributed by atoms with Crippen molar-refractivity contribution in [3.63, 3.8) is 0 Å². The average molecular weight is 465 g/mol. The highest BCUT2D eigenvalue weighted by Crippen LogP contribution is 2.44. The third kappa shape index (κ3) is 4.65. The van der Waals surface area contributed by atoms with Gasteiger partial charge in [0.05, 0.1) is 5.92 Å². The van der Waals surface area contributed by atoms with E-state index in [0.29, 0.717) is 19.5 Å². The van der Waals surface area contributed by atoms with Crippen LogP contribution in [0.15, 0.2) is 48.5 Å². The molecular weight excluding hydrogens is 432 g/mol. The number of amides is 2. The summed E-state index contributed by atoms with van der Waals surface area (Å²) < 4.78 is 5.56. The molecule has 4 rings (SSSR count). The Labute approximate surface area is 200 Å². The summed E-state index contributed by atoms with van der Waals surface area (Å²) in [5.41, 5.74) is 3.94. The number of nitrogens with one attached hydrogen (secondary N) is 1. The van der Waals surface area contributed by atoms with Crippen LogP contribution in [0, 0.1) is 17.3 Å². The summed E-state index contributed by atoms with van der Waals surface area (Å²) in [6, 6.07) is 16.3. The molecule has 7 heteroatoms. The van der Waals surface area contributed by atoms with E-state index in [9.17, 15) is 19.5 Å². The lowest BCUT2D eigenvalue weighted by Gasteiger charge is -2.29. The first-order valence-corrected chi connectivity index (χ1v) is 11.8. The second-order valence-electron chi connectivity index (χ2n) is 10.0. The molecule has 34 heavy (non-hydrogen) atoms. The van der Waals surface area contributed by atoms with E-state index in [1.165, 1.54) is 11.1 Å². The van der Waals surface area contributed by atoms with Gasteiger partial charge in [-0.05, 0) is 34.6 Å². The molecule has 0 unspecified atom stereocenters. The van der Waals surface area contributed by atoms with Crippen molar-refractivity contribution in [3.8, 4) is 11.1 Å². The number of hydrogen-bond donors (Lipinski definition) is 2. The number of alkyl carbamates (subject to hydrolysis) is 1. The van der Waals surface area contributed by atoms with Gasteiger partial charge in [-0.15, -0.1) is 0 Å². The molecule has 2 aliphatic rings. The first kappa shape index (κ1) is 23.8. The van der Waals surface area contributed by atoms with Crippen LogP contribution < -0.4 is 5.32 Å². The fourth-order valence-electron chi connectivity index (χ4n) is 5.12. The highest BCUT2D eigenvalue weighted by atomic mass is 16.5. The summed E-state index contributed by atoms with van der Waals surface area (Å²) in [4.78, 5) is 38.4. The molecule has 1 heterocycles. The van der Waals surface area contributed by atoms with Crippen LogP contribution in [-0.2, 0) is 14.3 Å². The van der Waals surface area contributed by atoms with Crippen molar-refractivity contribution in [3.05, 3.63) is 59.7 Å². The lowest BCUT2D eigenvalue weighted by Crippen LogP contribution is -2.42. The first-order valence-electron chi connectivity index (χ1n) is 11.8. The highest BCUT2D eigenvalue weighted by Gasteiger charge is 2.41. The zero-order valence-electron chi connectivity index (χ0n) is 19.9. The predicted octanol–water partition coefficient (Wildman–Crippen LogP) is 4.12. The van der Waals surface area contributed by atoms with Crippen molar-refractivity contribution in [2.75, 3.05) is 26.2 Å². The van der Waals surface area contributed by atoms with E-state index in [0.717, 1.165) is 11.1 Å². The Balaban J connectivity index is 1.28. The number of ether oxygens (including phenoxy) is 1. The van der Waals surface area contributed by atoms with E-state index in [1.807, 2.05) is 45.0 Å². The maximum Gasteiger partial charge on any atom is 0.407 e. The summed E-state index contributed by atoms with van der Waals surface area (Å²) in [5, 5.41) is 12.1. The Kier molecular flexibility index (Phi) is 6.64. The van der Waals surface area contributed by atoms with Crippen molar-refractivity contribution >= 4 is 18.0 Å². The second kappa shape index (κ2) is 9.49. The van der Waals surface area contributed by atoms with Crippen molar-refractivity contribution in [2.45, 2.75) is 33.1 Å². The highest BCUT2D eigenvalue weighted by molar-refractivity contribution is 5.83. The maximum atomic E-state index is 13.0. The normalized spacial score (nSPS) is 19.4. The van der Waals surface area contributed by atoms with Gasteiger partial charge >= 0.3 is 12.1 Å². The Bertz CT molecular complexity index is 1050. The molecule has 0 spiro atoms. The minimum absolute atomic E-state index is 0.00416. The van der Waals surface area contributed by atoms with E-state index in [-0.39, 0.29) is 30.9 Å². The first-order chi connectivity index (χ1) is 16.2. The average Bonchev–Trinajstić information content (AvgIpc) is 3.35. The number of aliphatic carboxylic acids is 1. The van der Waals surface area contributed by atoms with Gasteiger partial charge in [0.25, 0.3) is 0 Å². The molecule has 2 aromatic carbocycles. The van der Waals surface area contributed by atoms with Crippen LogP contribution in [0.4, 0.5) is 4.79 Å². The van der Waals surface area contributed by atoms with E-state index < -0.39 is 23.4 Å². The maximum absolute atomic E-state index is 13.0. The third-order valence-electron chi connectivity index (χ3n) is 7.16. The molecule has 1 aliphatic carbocycles. The van der Waals surface area contributed by atoms with Gasteiger partial charge in [0.2, 0.25) is 5.91 Å². The van der Waals surface area contributed by atoms with Gasteiger partial charge in [-0.1, -0.05) is 69.3 Å². The molecule has 7 nitrogen and oxygen atoms in total. The SMILES string of the molecule is C[C@@H]1CN(C(=O)C(C)(C)CCNC(=O)OCC2c3ccccc3-c3ccccc32)C[C@H]1C(=O)O. The van der Waals surface area contributed by atoms with Gasteiger partial charge < -0.3 is 20.1 Å². The molecule has 1 saturated heterocycles. The summed E-state index contributed by atoms with van der Waals surface area (Å²) in [7, 11) is 0. The van der Waals surface area contributed by atoms with Crippen LogP contribution in [0.3, 0.4) is 0 Å². The number of carbonyl (C=O) groups excluding carboxylic acids is 2. The van der Waals surface area contributed by atoms with E-state index in [1.54, 1.807) is 4.90 Å². The van der Waals surface area contributed by atoms with Gasteiger partial charge in [0.15, 0.2) is 0 Å². The molecule has 1 fully saturated rings. The van der Waals surface area contributed by atoms with Crippen LogP contribution in [0.25, 0.3) is 11.1 Å². The molecule has 0 saturated carbocycles. The fourth-order valence-corrected chi connectivity index (χ4v) is 5.12. The van der Waals surface area contributed by atoms with Gasteiger partial charge in [-0.2, -0.15) is 0 Å². The Morgan fingerprint density at radius 1 is 1.03 bits per heavy atom. The molecule has 2 N–H and O–H groups in total. The molecule has 0 aromatic heterocycles. The Morgan fingerprint density at radius 2 is 1.62 bits per heavy atom. The summed E-state index contributed by atoms with van der Waals surface area (Å²) in [6.45, 7) is 6.72. The van der Waals surface area contributed by atoms with Crippen LogP contribution in [-0.4, -0.2) is 54.2 Å². The Morgan fingerprint density at radius 3 is 2.18 bits per heavy atom. The number of carbonyl (C=O) groups is 3. The van der Waals surface area contributed by atoms with Crippen molar-refractivity contribution in [1.29, 1.82) is 0 Å². The molecule has 1 aliphatic heterocycles. The Hall–Kier alpha value is -3.35. The van der Waals surface area contributed by atoms with Crippen molar-refractivity contribution < 1.29 is 24.2 Å².